The van der Waals surface area contributed by atoms with Crippen molar-refractivity contribution in [2.45, 2.75) is 20.0 Å². The van der Waals surface area contributed by atoms with E-state index in [-0.39, 0.29) is 6.08 Å². The van der Waals surface area contributed by atoms with Crippen LogP contribution >= 0.6 is 0 Å². The average Bonchev–Trinajstić information content (AvgIpc) is 1.85. The van der Waals surface area contributed by atoms with Gasteiger partial charge in [-0.15, -0.1) is 0 Å². The summed E-state index contributed by atoms with van der Waals surface area (Å²) in [7, 11) is 0. The quantitative estimate of drug-likeness (QED) is 0.471. The molecular formula is C7H8F3O2-. The number of allylic oxidation sites excluding steroid dienone is 2. The molecule has 0 unspecified atom stereocenters. The third-order valence-corrected chi connectivity index (χ3v) is 1.12. The second-order valence-corrected chi connectivity index (χ2v) is 2.56. The van der Waals surface area contributed by atoms with Crippen LogP contribution in [0.5, 0.6) is 0 Å². The van der Waals surface area contributed by atoms with Crippen molar-refractivity contribution in [1.82, 2.24) is 0 Å². The minimum absolute atomic E-state index is 0.0880. The van der Waals surface area contributed by atoms with E-state index in [9.17, 15) is 23.1 Å². The Bertz CT molecular complexity index is 203. The molecule has 0 aromatic carbocycles. The predicted molar refractivity (Wildman–Crippen MR) is 34.0 cm³/mol. The van der Waals surface area contributed by atoms with Gasteiger partial charge in [-0.3, -0.25) is 4.79 Å². The molecule has 0 aliphatic carbocycles. The van der Waals surface area contributed by atoms with Crippen LogP contribution < -0.4 is 5.11 Å². The van der Waals surface area contributed by atoms with Gasteiger partial charge in [-0.2, -0.15) is 13.2 Å². The third-order valence-electron chi connectivity index (χ3n) is 1.12. The van der Waals surface area contributed by atoms with Crippen molar-refractivity contribution in [3.8, 4) is 0 Å². The number of carbonyl (C=O) groups is 1. The van der Waals surface area contributed by atoms with Crippen molar-refractivity contribution >= 4 is 5.78 Å². The lowest BCUT2D eigenvalue weighted by molar-refractivity contribution is -0.360. The second-order valence-electron chi connectivity index (χ2n) is 2.56. The number of alkyl halides is 3. The lowest BCUT2D eigenvalue weighted by atomic mass is 10.1. The van der Waals surface area contributed by atoms with Gasteiger partial charge in [-0.05, 0) is 11.8 Å². The van der Waals surface area contributed by atoms with E-state index in [1.807, 2.05) is 0 Å². The lowest BCUT2D eigenvalue weighted by Crippen LogP contribution is -2.24. The molecule has 70 valence electrons. The third kappa shape index (κ3) is 3.41. The highest BCUT2D eigenvalue weighted by molar-refractivity contribution is 5.91. The van der Waals surface area contributed by atoms with Crippen molar-refractivity contribution < 1.29 is 23.1 Å². The van der Waals surface area contributed by atoms with Crippen molar-refractivity contribution in [2.75, 3.05) is 0 Å². The van der Waals surface area contributed by atoms with E-state index in [4.69, 9.17) is 0 Å². The van der Waals surface area contributed by atoms with Gasteiger partial charge in [0.15, 0.2) is 5.78 Å². The second kappa shape index (κ2) is 3.60. The SMILES string of the molecule is CC(C)C(=O)/C=C(\[O-])C(F)(F)F. The van der Waals surface area contributed by atoms with E-state index < -0.39 is 23.6 Å². The Balaban J connectivity index is 4.48. The largest absolute Gasteiger partial charge is 0.869 e. The number of rotatable bonds is 2. The monoisotopic (exact) mass is 181 g/mol. The van der Waals surface area contributed by atoms with E-state index in [0.29, 0.717) is 0 Å². The van der Waals surface area contributed by atoms with E-state index in [0.717, 1.165) is 0 Å². The Morgan fingerprint density at radius 2 is 1.83 bits per heavy atom. The van der Waals surface area contributed by atoms with E-state index in [1.165, 1.54) is 13.8 Å². The van der Waals surface area contributed by atoms with Gasteiger partial charge in [0.25, 0.3) is 0 Å². The van der Waals surface area contributed by atoms with Gasteiger partial charge in [-0.25, -0.2) is 0 Å². The summed E-state index contributed by atoms with van der Waals surface area (Å²) in [4.78, 5) is 10.6. The highest BCUT2D eigenvalue weighted by Crippen LogP contribution is 2.21. The summed E-state index contributed by atoms with van der Waals surface area (Å²) in [6.07, 6.45) is -4.85. The molecule has 0 aromatic heterocycles. The standard InChI is InChI=1S/C7H9F3O2/c1-4(2)5(11)3-6(12)7(8,9)10/h3-4,12H,1-2H3/p-1/b6-3-. The van der Waals surface area contributed by atoms with Crippen molar-refractivity contribution in [3.63, 3.8) is 0 Å². The van der Waals surface area contributed by atoms with Crippen LogP contribution in [0, 0.1) is 5.92 Å². The Labute approximate surface area is 67.7 Å². The van der Waals surface area contributed by atoms with E-state index >= 15 is 0 Å². The number of hydrogen-bond acceptors (Lipinski definition) is 2. The molecule has 0 aliphatic rings. The Morgan fingerprint density at radius 1 is 1.42 bits per heavy atom. The van der Waals surface area contributed by atoms with Crippen LogP contribution in [0.3, 0.4) is 0 Å². The molecule has 0 rings (SSSR count). The molecule has 0 amide bonds. The smallest absolute Gasteiger partial charge is 0.402 e. The summed E-state index contributed by atoms with van der Waals surface area (Å²) < 4.78 is 34.6. The molecule has 0 saturated heterocycles. The molecule has 0 N–H and O–H groups in total. The van der Waals surface area contributed by atoms with Crippen LogP contribution in [-0.2, 0) is 4.79 Å². The summed E-state index contributed by atoms with van der Waals surface area (Å²) in [5, 5.41) is 10.2. The molecule has 0 aliphatic heterocycles. The zero-order valence-electron chi connectivity index (χ0n) is 6.61. The number of hydrogen-bond donors (Lipinski definition) is 0. The first-order chi connectivity index (χ1) is 5.25. The lowest BCUT2D eigenvalue weighted by Gasteiger charge is -2.15. The molecule has 0 fully saturated rings. The minimum Gasteiger partial charge on any atom is -0.869 e. The van der Waals surface area contributed by atoms with Gasteiger partial charge < -0.3 is 5.11 Å². The molecule has 0 saturated carbocycles. The van der Waals surface area contributed by atoms with Crippen LogP contribution in [0.2, 0.25) is 0 Å². The predicted octanol–water partition coefficient (Wildman–Crippen LogP) is 1.02. The van der Waals surface area contributed by atoms with Crippen LogP contribution in [0.15, 0.2) is 11.8 Å². The fourth-order valence-electron chi connectivity index (χ4n) is 0.378. The molecule has 5 heteroatoms. The van der Waals surface area contributed by atoms with Crippen molar-refractivity contribution in [3.05, 3.63) is 11.8 Å². The van der Waals surface area contributed by atoms with Crippen LogP contribution in [0.25, 0.3) is 0 Å². The summed E-state index contributed by atoms with van der Waals surface area (Å²) in [5.74, 6) is -3.49. The van der Waals surface area contributed by atoms with Crippen LogP contribution in [-0.4, -0.2) is 12.0 Å². The van der Waals surface area contributed by atoms with Crippen LogP contribution in [0.1, 0.15) is 13.8 Å². The number of ketones is 1. The molecule has 0 bridgehead atoms. The fraction of sp³-hybridized carbons (Fsp3) is 0.571. The summed E-state index contributed by atoms with van der Waals surface area (Å²) in [6.45, 7) is 2.84. The topological polar surface area (TPSA) is 40.1 Å². The Morgan fingerprint density at radius 3 is 2.08 bits per heavy atom. The van der Waals surface area contributed by atoms with Gasteiger partial charge in [0.2, 0.25) is 0 Å². The van der Waals surface area contributed by atoms with Crippen molar-refractivity contribution in [2.24, 2.45) is 5.92 Å². The summed E-state index contributed by atoms with van der Waals surface area (Å²) >= 11 is 0. The Hall–Kier alpha value is -1.00. The number of carbonyl (C=O) groups excluding carboxylic acids is 1. The van der Waals surface area contributed by atoms with Crippen LogP contribution in [0.4, 0.5) is 13.2 Å². The Kier molecular flexibility index (Phi) is 3.30. The van der Waals surface area contributed by atoms with Gasteiger partial charge in [-0.1, -0.05) is 13.8 Å². The first-order valence-corrected chi connectivity index (χ1v) is 3.25. The normalized spacial score (nSPS) is 13.7. The maximum atomic E-state index is 11.5. The minimum atomic E-state index is -4.94. The highest BCUT2D eigenvalue weighted by Gasteiger charge is 2.26. The molecule has 0 atom stereocenters. The van der Waals surface area contributed by atoms with Gasteiger partial charge in [0.1, 0.15) is 0 Å². The first kappa shape index (κ1) is 11.0. The highest BCUT2D eigenvalue weighted by atomic mass is 19.4. The fourth-order valence-corrected chi connectivity index (χ4v) is 0.378. The van der Waals surface area contributed by atoms with E-state index in [2.05, 4.69) is 0 Å². The summed E-state index contributed by atoms with van der Waals surface area (Å²) in [5.41, 5.74) is 0. The molecule has 12 heavy (non-hydrogen) atoms. The molecule has 0 spiro atoms. The molecule has 2 nitrogen and oxygen atoms in total. The molecular weight excluding hydrogens is 173 g/mol. The average molecular weight is 181 g/mol. The maximum absolute atomic E-state index is 11.5. The zero-order chi connectivity index (χ0) is 9.94. The van der Waals surface area contributed by atoms with Gasteiger partial charge in [0.05, 0.1) is 0 Å². The summed E-state index contributed by atoms with van der Waals surface area (Å²) in [6, 6.07) is 0. The van der Waals surface area contributed by atoms with Gasteiger partial charge >= 0.3 is 6.18 Å². The molecule has 0 heterocycles. The number of halogens is 3. The molecule has 0 radical (unpaired) electrons. The van der Waals surface area contributed by atoms with Gasteiger partial charge in [0, 0.05) is 5.92 Å². The first-order valence-electron chi connectivity index (χ1n) is 3.25. The zero-order valence-corrected chi connectivity index (χ0v) is 6.61. The van der Waals surface area contributed by atoms with E-state index in [1.54, 1.807) is 0 Å². The van der Waals surface area contributed by atoms with Crippen molar-refractivity contribution in [1.29, 1.82) is 0 Å². The maximum Gasteiger partial charge on any atom is 0.402 e. The molecule has 0 aromatic rings.